The van der Waals surface area contributed by atoms with Gasteiger partial charge in [0.2, 0.25) is 0 Å². The van der Waals surface area contributed by atoms with Crippen LogP contribution in [0, 0.1) is 13.8 Å². The summed E-state index contributed by atoms with van der Waals surface area (Å²) in [5.74, 6) is 1.22. The van der Waals surface area contributed by atoms with Crippen molar-refractivity contribution in [3.63, 3.8) is 0 Å². The minimum atomic E-state index is 0.493. The number of nitrogens with zero attached hydrogens (tertiary/aromatic N) is 4. The van der Waals surface area contributed by atoms with Crippen LogP contribution in [0.25, 0.3) is 5.82 Å². The van der Waals surface area contributed by atoms with Gasteiger partial charge in [-0.25, -0.2) is 9.67 Å². The fourth-order valence-corrected chi connectivity index (χ4v) is 1.32. The predicted octanol–water partition coefficient (Wildman–Crippen LogP) is 0.861. The molecule has 2 rings (SSSR count). The van der Waals surface area contributed by atoms with Crippen molar-refractivity contribution in [3.05, 3.63) is 29.8 Å². The van der Waals surface area contributed by atoms with E-state index in [4.69, 9.17) is 5.73 Å². The Bertz CT molecular complexity index is 460. The van der Waals surface area contributed by atoms with Crippen LogP contribution in [0.5, 0.6) is 0 Å². The second-order valence-electron chi connectivity index (χ2n) is 3.09. The molecule has 0 fully saturated rings. The third-order valence-corrected chi connectivity index (χ3v) is 1.96. The molecule has 0 atom stereocenters. The number of aromatic nitrogens is 4. The number of hydrogen-bond donors (Lipinski definition) is 1. The van der Waals surface area contributed by atoms with Gasteiger partial charge in [0, 0.05) is 24.2 Å². The number of nitrogen functional groups attached to an aromatic ring is 1. The Labute approximate surface area is 81.6 Å². The molecular formula is C9H11N5. The summed E-state index contributed by atoms with van der Waals surface area (Å²) in [5, 5.41) is 4.13. The topological polar surface area (TPSA) is 69.6 Å². The Morgan fingerprint density at radius 2 is 1.93 bits per heavy atom. The van der Waals surface area contributed by atoms with Crippen LogP contribution < -0.4 is 5.73 Å². The maximum atomic E-state index is 5.59. The largest absolute Gasteiger partial charge is 0.382 e. The minimum Gasteiger partial charge on any atom is -0.382 e. The van der Waals surface area contributed by atoms with Gasteiger partial charge in [0.15, 0.2) is 5.82 Å². The van der Waals surface area contributed by atoms with Gasteiger partial charge in [-0.1, -0.05) is 0 Å². The molecule has 0 aliphatic carbocycles. The lowest BCUT2D eigenvalue weighted by molar-refractivity contribution is 0.801. The van der Waals surface area contributed by atoms with Crippen LogP contribution in [0.1, 0.15) is 11.4 Å². The van der Waals surface area contributed by atoms with Crippen LogP contribution in [0.3, 0.4) is 0 Å². The molecule has 0 saturated heterocycles. The summed E-state index contributed by atoms with van der Waals surface area (Å²) in [4.78, 5) is 8.35. The van der Waals surface area contributed by atoms with E-state index in [0.29, 0.717) is 5.82 Å². The Kier molecular flexibility index (Phi) is 1.92. The van der Waals surface area contributed by atoms with E-state index in [2.05, 4.69) is 15.1 Å². The first-order valence-electron chi connectivity index (χ1n) is 4.28. The normalized spacial score (nSPS) is 10.4. The lowest BCUT2D eigenvalue weighted by Crippen LogP contribution is -2.05. The Morgan fingerprint density at radius 1 is 1.21 bits per heavy atom. The molecular weight excluding hydrogens is 178 g/mol. The Hall–Kier alpha value is -1.91. The van der Waals surface area contributed by atoms with E-state index < -0.39 is 0 Å². The van der Waals surface area contributed by atoms with Crippen LogP contribution in [0.15, 0.2) is 18.5 Å². The molecule has 2 N–H and O–H groups in total. The highest BCUT2D eigenvalue weighted by molar-refractivity contribution is 5.36. The molecule has 2 aromatic rings. The van der Waals surface area contributed by atoms with Crippen LogP contribution >= 0.6 is 0 Å². The number of nitrogens with two attached hydrogens (primary N) is 1. The molecule has 72 valence electrons. The summed E-state index contributed by atoms with van der Waals surface area (Å²) in [5.41, 5.74) is 7.37. The summed E-state index contributed by atoms with van der Waals surface area (Å²) in [7, 11) is 0. The summed E-state index contributed by atoms with van der Waals surface area (Å²) in [6, 6.07) is 1.80. The Balaban J connectivity index is 2.60. The third-order valence-electron chi connectivity index (χ3n) is 1.96. The standard InChI is InChI=1S/C9H11N5/c1-6-5-8(10)13-14(6)9-7(2)11-3-4-12-9/h3-5H,1-2H3,(H2,10,13). The first kappa shape index (κ1) is 8.68. The molecule has 2 heterocycles. The molecule has 0 aromatic carbocycles. The van der Waals surface area contributed by atoms with Crippen molar-refractivity contribution < 1.29 is 0 Å². The highest BCUT2D eigenvalue weighted by atomic mass is 15.3. The third kappa shape index (κ3) is 1.32. The van der Waals surface area contributed by atoms with E-state index in [-0.39, 0.29) is 0 Å². The van der Waals surface area contributed by atoms with Crippen LogP contribution in [0.4, 0.5) is 5.82 Å². The molecule has 0 unspecified atom stereocenters. The monoisotopic (exact) mass is 189 g/mol. The van der Waals surface area contributed by atoms with Gasteiger partial charge in [0.25, 0.3) is 0 Å². The van der Waals surface area contributed by atoms with E-state index in [1.54, 1.807) is 23.1 Å². The van der Waals surface area contributed by atoms with E-state index in [9.17, 15) is 0 Å². The molecule has 2 aromatic heterocycles. The first-order valence-corrected chi connectivity index (χ1v) is 4.28. The maximum Gasteiger partial charge on any atom is 0.175 e. The quantitative estimate of drug-likeness (QED) is 0.722. The predicted molar refractivity (Wildman–Crippen MR) is 53.0 cm³/mol. The number of anilines is 1. The zero-order valence-electron chi connectivity index (χ0n) is 8.10. The van der Waals surface area contributed by atoms with E-state index in [0.717, 1.165) is 17.2 Å². The molecule has 0 amide bonds. The van der Waals surface area contributed by atoms with Gasteiger partial charge in [-0.3, -0.25) is 4.98 Å². The maximum absolute atomic E-state index is 5.59. The minimum absolute atomic E-state index is 0.493. The van der Waals surface area contributed by atoms with Crippen molar-refractivity contribution in [1.82, 2.24) is 19.7 Å². The van der Waals surface area contributed by atoms with E-state index in [1.165, 1.54) is 0 Å². The highest BCUT2D eigenvalue weighted by Gasteiger charge is 2.07. The average molecular weight is 189 g/mol. The number of rotatable bonds is 1. The fraction of sp³-hybridized carbons (Fsp3) is 0.222. The van der Waals surface area contributed by atoms with Crippen molar-refractivity contribution in [2.75, 3.05) is 5.73 Å². The van der Waals surface area contributed by atoms with Gasteiger partial charge < -0.3 is 5.73 Å². The van der Waals surface area contributed by atoms with Crippen LogP contribution in [-0.2, 0) is 0 Å². The number of aryl methyl sites for hydroxylation is 2. The van der Waals surface area contributed by atoms with Gasteiger partial charge in [-0.2, -0.15) is 0 Å². The molecule has 0 radical (unpaired) electrons. The van der Waals surface area contributed by atoms with Crippen LogP contribution in [0.2, 0.25) is 0 Å². The van der Waals surface area contributed by atoms with Crippen molar-refractivity contribution in [2.45, 2.75) is 13.8 Å². The summed E-state index contributed by atoms with van der Waals surface area (Å²) >= 11 is 0. The van der Waals surface area contributed by atoms with Gasteiger partial charge in [-0.05, 0) is 13.8 Å². The van der Waals surface area contributed by atoms with Gasteiger partial charge in [0.1, 0.15) is 5.82 Å². The lowest BCUT2D eigenvalue weighted by atomic mass is 10.4. The summed E-state index contributed by atoms with van der Waals surface area (Å²) in [6.45, 7) is 3.82. The van der Waals surface area contributed by atoms with Crippen molar-refractivity contribution in [3.8, 4) is 5.82 Å². The number of hydrogen-bond acceptors (Lipinski definition) is 4. The summed E-state index contributed by atoms with van der Waals surface area (Å²) < 4.78 is 1.69. The van der Waals surface area contributed by atoms with Crippen molar-refractivity contribution in [2.24, 2.45) is 0 Å². The van der Waals surface area contributed by atoms with E-state index >= 15 is 0 Å². The molecule has 0 saturated carbocycles. The lowest BCUT2D eigenvalue weighted by Gasteiger charge is -2.04. The molecule has 14 heavy (non-hydrogen) atoms. The molecule has 0 spiro atoms. The van der Waals surface area contributed by atoms with Gasteiger partial charge >= 0.3 is 0 Å². The first-order chi connectivity index (χ1) is 6.68. The van der Waals surface area contributed by atoms with Crippen molar-refractivity contribution >= 4 is 5.82 Å². The Morgan fingerprint density at radius 3 is 2.50 bits per heavy atom. The molecule has 5 nitrogen and oxygen atoms in total. The highest BCUT2D eigenvalue weighted by Crippen LogP contribution is 2.12. The zero-order chi connectivity index (χ0) is 10.1. The van der Waals surface area contributed by atoms with Gasteiger partial charge in [-0.15, -0.1) is 5.10 Å². The molecule has 0 aliphatic heterocycles. The van der Waals surface area contributed by atoms with Gasteiger partial charge in [0.05, 0.1) is 5.69 Å². The SMILES string of the molecule is Cc1nccnc1-n1nc(N)cc1C. The van der Waals surface area contributed by atoms with Crippen molar-refractivity contribution in [1.29, 1.82) is 0 Å². The fourth-order valence-electron chi connectivity index (χ4n) is 1.32. The van der Waals surface area contributed by atoms with Crippen LogP contribution in [-0.4, -0.2) is 19.7 Å². The second-order valence-corrected chi connectivity index (χ2v) is 3.09. The van der Waals surface area contributed by atoms with E-state index in [1.807, 2.05) is 13.8 Å². The summed E-state index contributed by atoms with van der Waals surface area (Å²) in [6.07, 6.45) is 3.29. The average Bonchev–Trinajstić information content (AvgIpc) is 2.46. The molecule has 5 heteroatoms. The second kappa shape index (κ2) is 3.10. The molecule has 0 bridgehead atoms. The molecule has 0 aliphatic rings. The smallest absolute Gasteiger partial charge is 0.175 e. The zero-order valence-corrected chi connectivity index (χ0v) is 8.10.